The van der Waals surface area contributed by atoms with Crippen LogP contribution >= 0.6 is 15.9 Å². The zero-order valence-corrected chi connectivity index (χ0v) is 13.6. The van der Waals surface area contributed by atoms with E-state index in [9.17, 15) is 9.90 Å². The lowest BCUT2D eigenvalue weighted by atomic mass is 10.0. The molecule has 114 valence electrons. The van der Waals surface area contributed by atoms with E-state index in [1.54, 1.807) is 0 Å². The summed E-state index contributed by atoms with van der Waals surface area (Å²) in [5.74, 6) is 0.00460. The minimum absolute atomic E-state index is 0.00460. The van der Waals surface area contributed by atoms with Crippen LogP contribution in [0.1, 0.15) is 31.4 Å². The van der Waals surface area contributed by atoms with Gasteiger partial charge >= 0.3 is 0 Å². The number of hydrogen-bond donors (Lipinski definition) is 3. The molecule has 1 unspecified atom stereocenters. The van der Waals surface area contributed by atoms with Gasteiger partial charge in [-0.3, -0.25) is 4.79 Å². The maximum absolute atomic E-state index is 12.0. The predicted octanol–water partition coefficient (Wildman–Crippen LogP) is 2.01. The topological polar surface area (TPSA) is 64.6 Å². The number of benzene rings is 1. The third-order valence-electron chi connectivity index (χ3n) is 4.16. The molecule has 1 aromatic rings. The van der Waals surface area contributed by atoms with Gasteiger partial charge < -0.3 is 20.6 Å². The Labute approximate surface area is 132 Å². The molecule has 3 N–H and O–H groups in total. The van der Waals surface area contributed by atoms with Crippen LogP contribution in [0.2, 0.25) is 0 Å². The SMILES string of the molecule is CCNC1C(=O)Nc2cc(N3CCC(O)CC3)c(Br)cc21. The van der Waals surface area contributed by atoms with Gasteiger partial charge in [-0.15, -0.1) is 0 Å². The number of aliphatic hydroxyl groups is 1. The standard InChI is InChI=1S/C15H20BrN3O2/c1-2-17-14-10-7-11(16)13(8-12(10)18-15(14)21)19-5-3-9(20)4-6-19/h7-9,14,17,20H,2-6H2,1H3,(H,18,21). The van der Waals surface area contributed by atoms with E-state index in [1.165, 1.54) is 0 Å². The van der Waals surface area contributed by atoms with E-state index in [0.717, 1.165) is 53.9 Å². The number of carbonyl (C=O) groups excluding carboxylic acids is 1. The van der Waals surface area contributed by atoms with Crippen molar-refractivity contribution in [1.29, 1.82) is 0 Å². The lowest BCUT2D eigenvalue weighted by molar-refractivity contribution is -0.117. The van der Waals surface area contributed by atoms with E-state index in [0.29, 0.717) is 0 Å². The van der Waals surface area contributed by atoms with Gasteiger partial charge in [-0.25, -0.2) is 0 Å². The number of likely N-dealkylation sites (N-methyl/N-ethyl adjacent to an activating group) is 1. The van der Waals surface area contributed by atoms with E-state index in [2.05, 4.69) is 31.5 Å². The summed E-state index contributed by atoms with van der Waals surface area (Å²) in [6, 6.07) is 3.80. The van der Waals surface area contributed by atoms with Gasteiger partial charge in [-0.2, -0.15) is 0 Å². The van der Waals surface area contributed by atoms with Crippen molar-refractivity contribution in [2.24, 2.45) is 0 Å². The molecule has 1 fully saturated rings. The zero-order chi connectivity index (χ0) is 15.0. The highest BCUT2D eigenvalue weighted by Crippen LogP contribution is 2.39. The second-order valence-electron chi connectivity index (χ2n) is 5.59. The number of amides is 1. The summed E-state index contributed by atoms with van der Waals surface area (Å²) in [6.07, 6.45) is 1.39. The van der Waals surface area contributed by atoms with Gasteiger partial charge in [0.05, 0.1) is 11.8 Å². The lowest BCUT2D eigenvalue weighted by Gasteiger charge is -2.32. The Morgan fingerprint density at radius 2 is 2.14 bits per heavy atom. The fourth-order valence-corrected chi connectivity index (χ4v) is 3.64. The summed E-state index contributed by atoms with van der Waals surface area (Å²) in [5.41, 5.74) is 2.96. The third-order valence-corrected chi connectivity index (χ3v) is 4.80. The molecular weight excluding hydrogens is 334 g/mol. The van der Waals surface area contributed by atoms with Crippen molar-refractivity contribution in [3.05, 3.63) is 22.2 Å². The molecule has 0 aliphatic carbocycles. The second kappa shape index (κ2) is 5.94. The normalized spacial score (nSPS) is 22.3. The van der Waals surface area contributed by atoms with E-state index >= 15 is 0 Å². The van der Waals surface area contributed by atoms with Crippen LogP contribution in [0, 0.1) is 0 Å². The first kappa shape index (κ1) is 14.8. The summed E-state index contributed by atoms with van der Waals surface area (Å²) < 4.78 is 0.997. The summed E-state index contributed by atoms with van der Waals surface area (Å²) in [4.78, 5) is 14.3. The molecule has 0 spiro atoms. The first-order chi connectivity index (χ1) is 10.1. The average molecular weight is 354 g/mol. The van der Waals surface area contributed by atoms with Crippen LogP contribution in [0.3, 0.4) is 0 Å². The van der Waals surface area contributed by atoms with Gasteiger partial charge in [0, 0.05) is 28.8 Å². The van der Waals surface area contributed by atoms with Crippen LogP contribution < -0.4 is 15.5 Å². The molecule has 2 heterocycles. The van der Waals surface area contributed by atoms with E-state index in [4.69, 9.17) is 0 Å². The van der Waals surface area contributed by atoms with Crippen LogP contribution in [-0.2, 0) is 4.79 Å². The minimum atomic E-state index is -0.265. The van der Waals surface area contributed by atoms with Crippen molar-refractivity contribution < 1.29 is 9.90 Å². The molecule has 1 atom stereocenters. The molecule has 21 heavy (non-hydrogen) atoms. The van der Waals surface area contributed by atoms with Gasteiger partial charge in [0.25, 0.3) is 0 Å². The Hall–Kier alpha value is -1.11. The highest BCUT2D eigenvalue weighted by atomic mass is 79.9. The summed E-state index contributed by atoms with van der Waals surface area (Å²) >= 11 is 3.63. The highest BCUT2D eigenvalue weighted by Gasteiger charge is 2.31. The minimum Gasteiger partial charge on any atom is -0.393 e. The Morgan fingerprint density at radius 1 is 1.43 bits per heavy atom. The number of anilines is 2. The first-order valence-electron chi connectivity index (χ1n) is 7.41. The van der Waals surface area contributed by atoms with Crippen molar-refractivity contribution in [3.8, 4) is 0 Å². The molecule has 2 aliphatic rings. The van der Waals surface area contributed by atoms with Crippen LogP contribution in [0.4, 0.5) is 11.4 Å². The number of hydrogen-bond acceptors (Lipinski definition) is 4. The van der Waals surface area contributed by atoms with Crippen molar-refractivity contribution in [3.63, 3.8) is 0 Å². The first-order valence-corrected chi connectivity index (χ1v) is 8.20. The molecule has 3 rings (SSSR count). The fraction of sp³-hybridized carbons (Fsp3) is 0.533. The predicted molar refractivity (Wildman–Crippen MR) is 86.6 cm³/mol. The molecule has 1 aromatic carbocycles. The lowest BCUT2D eigenvalue weighted by Crippen LogP contribution is -2.36. The number of halogens is 1. The smallest absolute Gasteiger partial charge is 0.246 e. The van der Waals surface area contributed by atoms with Crippen LogP contribution in [0.5, 0.6) is 0 Å². The van der Waals surface area contributed by atoms with Crippen LogP contribution in [0.15, 0.2) is 16.6 Å². The molecular formula is C15H20BrN3O2. The maximum Gasteiger partial charge on any atom is 0.246 e. The van der Waals surface area contributed by atoms with E-state index in [1.807, 2.05) is 19.1 Å². The van der Waals surface area contributed by atoms with Gasteiger partial charge in [0.15, 0.2) is 0 Å². The largest absolute Gasteiger partial charge is 0.393 e. The molecule has 0 saturated carbocycles. The molecule has 1 saturated heterocycles. The molecule has 0 aromatic heterocycles. The molecule has 1 amide bonds. The maximum atomic E-state index is 12.0. The van der Waals surface area contributed by atoms with E-state index < -0.39 is 0 Å². The summed E-state index contributed by atoms with van der Waals surface area (Å²) in [6.45, 7) is 4.42. The number of fused-ring (bicyclic) bond motifs is 1. The number of nitrogens with one attached hydrogen (secondary N) is 2. The number of carbonyl (C=O) groups is 1. The quantitative estimate of drug-likeness (QED) is 0.777. The number of rotatable bonds is 3. The van der Waals surface area contributed by atoms with Crippen LogP contribution in [-0.4, -0.2) is 36.8 Å². The van der Waals surface area contributed by atoms with Crippen molar-refractivity contribution >= 4 is 33.2 Å². The molecule has 5 nitrogen and oxygen atoms in total. The third kappa shape index (κ3) is 2.80. The number of piperidine rings is 1. The van der Waals surface area contributed by atoms with E-state index in [-0.39, 0.29) is 18.1 Å². The molecule has 0 bridgehead atoms. The Kier molecular flexibility index (Phi) is 4.19. The fourth-order valence-electron chi connectivity index (χ4n) is 3.03. The summed E-state index contributed by atoms with van der Waals surface area (Å²) in [7, 11) is 0. The average Bonchev–Trinajstić information content (AvgIpc) is 2.76. The molecule has 2 aliphatic heterocycles. The molecule has 6 heteroatoms. The Balaban J connectivity index is 1.89. The zero-order valence-electron chi connectivity index (χ0n) is 12.0. The number of aliphatic hydroxyl groups excluding tert-OH is 1. The van der Waals surface area contributed by atoms with Gasteiger partial charge in [-0.1, -0.05) is 6.92 Å². The van der Waals surface area contributed by atoms with Crippen LogP contribution in [0.25, 0.3) is 0 Å². The van der Waals surface area contributed by atoms with Crippen molar-refractivity contribution in [2.75, 3.05) is 29.9 Å². The monoisotopic (exact) mass is 353 g/mol. The summed E-state index contributed by atoms with van der Waals surface area (Å²) in [5, 5.41) is 15.8. The van der Waals surface area contributed by atoms with Gasteiger partial charge in [-0.05, 0) is 47.4 Å². The Bertz CT molecular complexity index is 556. The molecule has 0 radical (unpaired) electrons. The highest BCUT2D eigenvalue weighted by molar-refractivity contribution is 9.10. The van der Waals surface area contributed by atoms with Crippen molar-refractivity contribution in [2.45, 2.75) is 31.9 Å². The number of nitrogens with zero attached hydrogens (tertiary/aromatic N) is 1. The van der Waals surface area contributed by atoms with Gasteiger partial charge in [0.1, 0.15) is 6.04 Å². The second-order valence-corrected chi connectivity index (χ2v) is 6.44. The Morgan fingerprint density at radius 3 is 2.81 bits per heavy atom. The van der Waals surface area contributed by atoms with Gasteiger partial charge in [0.2, 0.25) is 5.91 Å². The van der Waals surface area contributed by atoms with Crippen molar-refractivity contribution in [1.82, 2.24) is 5.32 Å².